The monoisotopic (exact) mass is 257 g/mol. The summed E-state index contributed by atoms with van der Waals surface area (Å²) >= 11 is 3.31. The van der Waals surface area contributed by atoms with Crippen LogP contribution in [0.1, 0.15) is 24.2 Å². The molecule has 1 rings (SSSR count). The van der Waals surface area contributed by atoms with Gasteiger partial charge in [-0.15, -0.1) is 0 Å². The van der Waals surface area contributed by atoms with Crippen LogP contribution in [0.5, 0.6) is 5.75 Å². The minimum absolute atomic E-state index is 0.0159. The lowest BCUT2D eigenvalue weighted by Crippen LogP contribution is -2.02. The maximum Gasteiger partial charge on any atom is 0.161 e. The van der Waals surface area contributed by atoms with Crippen LogP contribution >= 0.6 is 15.9 Å². The lowest BCUT2D eigenvalue weighted by molar-refractivity contribution is 0.101. The van der Waals surface area contributed by atoms with Crippen LogP contribution in [0.25, 0.3) is 0 Å². The van der Waals surface area contributed by atoms with Gasteiger partial charge in [-0.1, -0.05) is 0 Å². The number of anilines is 1. The fourth-order valence-corrected chi connectivity index (χ4v) is 1.89. The highest BCUT2D eigenvalue weighted by Gasteiger charge is 2.13. The van der Waals surface area contributed by atoms with Crippen molar-refractivity contribution in [3.63, 3.8) is 0 Å². The summed E-state index contributed by atoms with van der Waals surface area (Å²) in [7, 11) is 0. The number of benzene rings is 1. The van der Waals surface area contributed by atoms with Gasteiger partial charge in [-0.25, -0.2) is 0 Å². The number of Topliss-reactive ketones (excluding diaryl/α,β-unsaturated/α-hetero) is 1. The number of hydrogen-bond acceptors (Lipinski definition) is 3. The number of carbonyl (C=O) groups excluding carboxylic acids is 1. The number of carbonyl (C=O) groups is 1. The molecule has 4 heteroatoms. The second-order valence-corrected chi connectivity index (χ2v) is 3.63. The van der Waals surface area contributed by atoms with Gasteiger partial charge in [0, 0.05) is 5.56 Å². The minimum atomic E-state index is -0.0159. The Balaban J connectivity index is 3.26. The molecule has 3 nitrogen and oxygen atoms in total. The topological polar surface area (TPSA) is 52.3 Å². The Morgan fingerprint density at radius 3 is 2.71 bits per heavy atom. The van der Waals surface area contributed by atoms with Crippen molar-refractivity contribution in [3.8, 4) is 5.75 Å². The summed E-state index contributed by atoms with van der Waals surface area (Å²) in [5.41, 5.74) is 6.83. The highest BCUT2D eigenvalue weighted by atomic mass is 79.9. The average molecular weight is 258 g/mol. The highest BCUT2D eigenvalue weighted by molar-refractivity contribution is 9.10. The van der Waals surface area contributed by atoms with Gasteiger partial charge in [-0.05, 0) is 41.9 Å². The van der Waals surface area contributed by atoms with Crippen LogP contribution in [-0.2, 0) is 0 Å². The maximum absolute atomic E-state index is 11.2. The summed E-state index contributed by atoms with van der Waals surface area (Å²) in [6.45, 7) is 3.89. The molecule has 0 fully saturated rings. The Morgan fingerprint density at radius 1 is 1.57 bits per heavy atom. The smallest absolute Gasteiger partial charge is 0.161 e. The third kappa shape index (κ3) is 2.07. The first-order chi connectivity index (χ1) is 6.57. The van der Waals surface area contributed by atoms with Gasteiger partial charge >= 0.3 is 0 Å². The molecule has 0 aliphatic heterocycles. The van der Waals surface area contributed by atoms with Crippen molar-refractivity contribution < 1.29 is 9.53 Å². The van der Waals surface area contributed by atoms with Gasteiger partial charge in [0.05, 0.1) is 16.8 Å². The largest absolute Gasteiger partial charge is 0.491 e. The lowest BCUT2D eigenvalue weighted by Gasteiger charge is -2.11. The molecule has 14 heavy (non-hydrogen) atoms. The Hall–Kier alpha value is -1.03. The molecule has 0 heterocycles. The standard InChI is InChI=1S/C10H12BrNO2/c1-3-14-10-8(12)5-4-7(6(2)13)9(10)11/h4-5H,3,12H2,1-2H3. The Morgan fingerprint density at radius 2 is 2.21 bits per heavy atom. The summed E-state index contributed by atoms with van der Waals surface area (Å²) in [5, 5.41) is 0. The molecule has 1 aromatic rings. The molecule has 0 atom stereocenters. The summed E-state index contributed by atoms with van der Waals surface area (Å²) in [4.78, 5) is 11.2. The molecule has 0 unspecified atom stereocenters. The van der Waals surface area contributed by atoms with Crippen LogP contribution < -0.4 is 10.5 Å². The zero-order valence-electron chi connectivity index (χ0n) is 8.13. The van der Waals surface area contributed by atoms with Gasteiger partial charge in [0.25, 0.3) is 0 Å². The van der Waals surface area contributed by atoms with E-state index in [0.717, 1.165) is 0 Å². The Kier molecular flexibility index (Phi) is 3.52. The van der Waals surface area contributed by atoms with Crippen LogP contribution in [0.2, 0.25) is 0 Å². The van der Waals surface area contributed by atoms with Gasteiger partial charge in [-0.3, -0.25) is 4.79 Å². The molecule has 0 spiro atoms. The number of nitrogens with two attached hydrogens (primary N) is 1. The fourth-order valence-electron chi connectivity index (χ4n) is 1.13. The molecule has 0 saturated heterocycles. The van der Waals surface area contributed by atoms with E-state index < -0.39 is 0 Å². The maximum atomic E-state index is 11.2. The van der Waals surface area contributed by atoms with Crippen LogP contribution in [0.3, 0.4) is 0 Å². The third-order valence-electron chi connectivity index (χ3n) is 1.80. The summed E-state index contributed by atoms with van der Waals surface area (Å²) < 4.78 is 5.97. The van der Waals surface area contributed by atoms with E-state index in [4.69, 9.17) is 10.5 Å². The van der Waals surface area contributed by atoms with Crippen molar-refractivity contribution in [2.45, 2.75) is 13.8 Å². The van der Waals surface area contributed by atoms with Crippen molar-refractivity contribution in [3.05, 3.63) is 22.2 Å². The SMILES string of the molecule is CCOc1c(N)ccc(C(C)=O)c1Br. The van der Waals surface area contributed by atoms with E-state index in [1.165, 1.54) is 6.92 Å². The van der Waals surface area contributed by atoms with E-state index in [2.05, 4.69) is 15.9 Å². The molecular weight excluding hydrogens is 246 g/mol. The number of hydrogen-bond donors (Lipinski definition) is 1. The average Bonchev–Trinajstić information content (AvgIpc) is 2.11. The van der Waals surface area contributed by atoms with Crippen LogP contribution in [0.15, 0.2) is 16.6 Å². The van der Waals surface area contributed by atoms with E-state index >= 15 is 0 Å². The summed E-state index contributed by atoms with van der Waals surface area (Å²) in [6.07, 6.45) is 0. The molecule has 0 bridgehead atoms. The van der Waals surface area contributed by atoms with E-state index in [1.54, 1.807) is 12.1 Å². The summed E-state index contributed by atoms with van der Waals surface area (Å²) in [5.74, 6) is 0.526. The molecule has 0 radical (unpaired) electrons. The van der Waals surface area contributed by atoms with Crippen LogP contribution in [0.4, 0.5) is 5.69 Å². The Bertz CT molecular complexity index is 363. The molecule has 1 aromatic carbocycles. The number of halogens is 1. The van der Waals surface area contributed by atoms with E-state index in [1.807, 2.05) is 6.92 Å². The van der Waals surface area contributed by atoms with Crippen molar-refractivity contribution in [2.75, 3.05) is 12.3 Å². The predicted molar refractivity (Wildman–Crippen MR) is 59.7 cm³/mol. The first-order valence-corrected chi connectivity index (χ1v) is 5.09. The zero-order chi connectivity index (χ0) is 10.7. The number of ether oxygens (including phenoxy) is 1. The van der Waals surface area contributed by atoms with Crippen LogP contribution in [-0.4, -0.2) is 12.4 Å². The van der Waals surface area contributed by atoms with Gasteiger partial charge in [0.15, 0.2) is 11.5 Å². The summed E-state index contributed by atoms with van der Waals surface area (Å²) in [6, 6.07) is 3.36. The Labute approximate surface area is 91.4 Å². The van der Waals surface area contributed by atoms with E-state index in [9.17, 15) is 4.79 Å². The molecule has 0 saturated carbocycles. The number of rotatable bonds is 3. The van der Waals surface area contributed by atoms with Crippen molar-refractivity contribution >= 4 is 27.4 Å². The van der Waals surface area contributed by atoms with Gasteiger partial charge in [0.2, 0.25) is 0 Å². The second kappa shape index (κ2) is 4.46. The van der Waals surface area contributed by atoms with E-state index in [-0.39, 0.29) is 5.78 Å². The first-order valence-electron chi connectivity index (χ1n) is 4.29. The zero-order valence-corrected chi connectivity index (χ0v) is 9.72. The van der Waals surface area contributed by atoms with Gasteiger partial charge in [0.1, 0.15) is 0 Å². The molecule has 2 N–H and O–H groups in total. The molecule has 76 valence electrons. The van der Waals surface area contributed by atoms with Crippen molar-refractivity contribution in [2.24, 2.45) is 0 Å². The van der Waals surface area contributed by atoms with Crippen molar-refractivity contribution in [1.29, 1.82) is 0 Å². The number of ketones is 1. The van der Waals surface area contributed by atoms with Crippen molar-refractivity contribution in [1.82, 2.24) is 0 Å². The van der Waals surface area contributed by atoms with Crippen LogP contribution in [0, 0.1) is 0 Å². The number of nitrogen functional groups attached to an aromatic ring is 1. The molecule has 0 amide bonds. The lowest BCUT2D eigenvalue weighted by atomic mass is 10.1. The first kappa shape index (κ1) is 11.0. The fraction of sp³-hybridized carbons (Fsp3) is 0.300. The second-order valence-electron chi connectivity index (χ2n) is 2.83. The van der Waals surface area contributed by atoms with Gasteiger partial charge in [-0.2, -0.15) is 0 Å². The third-order valence-corrected chi connectivity index (χ3v) is 2.58. The molecular formula is C10H12BrNO2. The quantitative estimate of drug-likeness (QED) is 0.669. The molecule has 0 aliphatic rings. The molecule has 0 aliphatic carbocycles. The van der Waals surface area contributed by atoms with Gasteiger partial charge < -0.3 is 10.5 Å². The highest BCUT2D eigenvalue weighted by Crippen LogP contribution is 2.34. The predicted octanol–water partition coefficient (Wildman–Crippen LogP) is 2.63. The minimum Gasteiger partial charge on any atom is -0.491 e. The van der Waals surface area contributed by atoms with E-state index in [0.29, 0.717) is 28.1 Å². The normalized spacial score (nSPS) is 9.93. The molecule has 0 aromatic heterocycles.